The number of hydrogen-bond donors (Lipinski definition) is 1. The van der Waals surface area contributed by atoms with Crippen LogP contribution in [-0.4, -0.2) is 31.1 Å². The molecule has 0 aliphatic rings. The number of esters is 1. The predicted molar refractivity (Wildman–Crippen MR) is 75.9 cm³/mol. The lowest BCUT2D eigenvalue weighted by Gasteiger charge is -2.10. The molecule has 0 fully saturated rings. The van der Waals surface area contributed by atoms with Crippen LogP contribution in [-0.2, 0) is 14.3 Å². The fourth-order valence-electron chi connectivity index (χ4n) is 1.46. The van der Waals surface area contributed by atoms with E-state index in [4.69, 9.17) is 21.1 Å². The molecule has 5 nitrogen and oxygen atoms in total. The van der Waals surface area contributed by atoms with E-state index in [0.717, 1.165) is 5.56 Å². The van der Waals surface area contributed by atoms with E-state index in [1.54, 1.807) is 18.2 Å². The zero-order valence-electron chi connectivity index (χ0n) is 11.7. The Labute approximate surface area is 123 Å². The second-order valence-corrected chi connectivity index (χ2v) is 5.02. The third-order valence-electron chi connectivity index (χ3n) is 2.30. The highest BCUT2D eigenvalue weighted by atomic mass is 35.5. The lowest BCUT2D eigenvalue weighted by Crippen LogP contribution is -2.34. The summed E-state index contributed by atoms with van der Waals surface area (Å²) in [5, 5.41) is 3.22. The third-order valence-corrected chi connectivity index (χ3v) is 2.53. The maximum Gasteiger partial charge on any atom is 0.344 e. The molecule has 1 rings (SSSR count). The van der Waals surface area contributed by atoms with Crippen molar-refractivity contribution in [2.24, 2.45) is 0 Å². The zero-order valence-corrected chi connectivity index (χ0v) is 12.5. The first-order valence-electron chi connectivity index (χ1n) is 6.22. The van der Waals surface area contributed by atoms with Gasteiger partial charge < -0.3 is 14.8 Å². The minimum absolute atomic E-state index is 0.00849. The maximum absolute atomic E-state index is 11.4. The summed E-state index contributed by atoms with van der Waals surface area (Å²) in [4.78, 5) is 22.7. The Hall–Kier alpha value is -1.75. The molecule has 110 valence electrons. The number of carbonyl (C=O) groups excluding carboxylic acids is 2. The van der Waals surface area contributed by atoms with Crippen molar-refractivity contribution in [1.82, 2.24) is 5.32 Å². The molecule has 20 heavy (non-hydrogen) atoms. The van der Waals surface area contributed by atoms with Crippen LogP contribution in [0, 0.1) is 6.92 Å². The van der Waals surface area contributed by atoms with E-state index >= 15 is 0 Å². The molecule has 0 aliphatic heterocycles. The molecule has 0 unspecified atom stereocenters. The first kappa shape index (κ1) is 16.3. The van der Waals surface area contributed by atoms with E-state index < -0.39 is 5.97 Å². The van der Waals surface area contributed by atoms with Crippen LogP contribution in [0.1, 0.15) is 19.4 Å². The molecule has 0 bridgehead atoms. The van der Waals surface area contributed by atoms with Crippen molar-refractivity contribution in [3.63, 3.8) is 0 Å². The van der Waals surface area contributed by atoms with Gasteiger partial charge in [-0.25, -0.2) is 4.79 Å². The van der Waals surface area contributed by atoms with Gasteiger partial charge in [0, 0.05) is 11.1 Å². The summed E-state index contributed by atoms with van der Waals surface area (Å²) in [5.41, 5.74) is 0.822. The van der Waals surface area contributed by atoms with Gasteiger partial charge in [0.15, 0.2) is 13.2 Å². The number of amides is 1. The van der Waals surface area contributed by atoms with E-state index in [-0.39, 0.29) is 25.2 Å². The Balaban J connectivity index is 2.34. The Bertz CT molecular complexity index is 488. The summed E-state index contributed by atoms with van der Waals surface area (Å²) < 4.78 is 10.1. The highest BCUT2D eigenvalue weighted by Gasteiger charge is 2.10. The number of nitrogens with one attached hydrogen (secondary N) is 1. The molecular weight excluding hydrogens is 282 g/mol. The van der Waals surface area contributed by atoms with Gasteiger partial charge in [0.05, 0.1) is 0 Å². The van der Waals surface area contributed by atoms with Gasteiger partial charge >= 0.3 is 5.97 Å². The van der Waals surface area contributed by atoms with Crippen LogP contribution >= 0.6 is 11.6 Å². The van der Waals surface area contributed by atoms with Crippen molar-refractivity contribution in [2.75, 3.05) is 13.2 Å². The van der Waals surface area contributed by atoms with Gasteiger partial charge in [0.2, 0.25) is 0 Å². The molecule has 6 heteroatoms. The number of halogens is 1. The van der Waals surface area contributed by atoms with E-state index in [1.807, 2.05) is 20.8 Å². The van der Waals surface area contributed by atoms with Crippen molar-refractivity contribution in [1.29, 1.82) is 0 Å². The molecule has 0 radical (unpaired) electrons. The third kappa shape index (κ3) is 5.93. The molecule has 0 heterocycles. The summed E-state index contributed by atoms with van der Waals surface area (Å²) in [6.07, 6.45) is 0. The topological polar surface area (TPSA) is 64.6 Å². The Morgan fingerprint density at radius 1 is 1.30 bits per heavy atom. The van der Waals surface area contributed by atoms with Gasteiger partial charge in [0.1, 0.15) is 5.75 Å². The molecule has 0 saturated carbocycles. The van der Waals surface area contributed by atoms with E-state index in [0.29, 0.717) is 10.8 Å². The van der Waals surface area contributed by atoms with E-state index in [1.165, 1.54) is 0 Å². The van der Waals surface area contributed by atoms with Crippen LogP contribution in [0.5, 0.6) is 5.75 Å². The number of ether oxygens (including phenoxy) is 2. The van der Waals surface area contributed by atoms with Crippen molar-refractivity contribution >= 4 is 23.5 Å². The largest absolute Gasteiger partial charge is 0.482 e. The van der Waals surface area contributed by atoms with Crippen molar-refractivity contribution < 1.29 is 19.1 Å². The summed E-state index contributed by atoms with van der Waals surface area (Å²) in [6, 6.07) is 5.09. The van der Waals surface area contributed by atoms with Gasteiger partial charge in [-0.2, -0.15) is 0 Å². The maximum atomic E-state index is 11.4. The average Bonchev–Trinajstić information content (AvgIpc) is 2.34. The van der Waals surface area contributed by atoms with Gasteiger partial charge in [-0.15, -0.1) is 0 Å². The van der Waals surface area contributed by atoms with Gasteiger partial charge in [0.25, 0.3) is 5.91 Å². The van der Waals surface area contributed by atoms with Crippen molar-refractivity contribution in [3.05, 3.63) is 28.8 Å². The molecular formula is C14H18ClNO4. The van der Waals surface area contributed by atoms with Gasteiger partial charge in [-0.1, -0.05) is 11.6 Å². The molecule has 1 aromatic rings. The normalized spacial score (nSPS) is 10.2. The smallest absolute Gasteiger partial charge is 0.344 e. The fourth-order valence-corrected chi connectivity index (χ4v) is 1.69. The van der Waals surface area contributed by atoms with Crippen LogP contribution < -0.4 is 10.1 Å². The summed E-state index contributed by atoms with van der Waals surface area (Å²) in [7, 11) is 0. The first-order chi connectivity index (χ1) is 9.38. The predicted octanol–water partition coefficient (Wildman–Crippen LogP) is 2.10. The fraction of sp³-hybridized carbons (Fsp3) is 0.429. The zero-order chi connectivity index (χ0) is 15.1. The molecule has 0 saturated heterocycles. The highest BCUT2D eigenvalue weighted by Crippen LogP contribution is 2.21. The molecule has 0 spiro atoms. The Kier molecular flexibility index (Phi) is 6.31. The van der Waals surface area contributed by atoms with E-state index in [2.05, 4.69) is 5.32 Å². The second-order valence-electron chi connectivity index (χ2n) is 4.58. The number of rotatable bonds is 6. The molecule has 0 aliphatic carbocycles. The SMILES string of the molecule is Cc1cc(Cl)ccc1OCC(=O)OCC(=O)NC(C)C. The lowest BCUT2D eigenvalue weighted by molar-refractivity contribution is -0.150. The van der Waals surface area contributed by atoms with Crippen LogP contribution in [0.25, 0.3) is 0 Å². The monoisotopic (exact) mass is 299 g/mol. The van der Waals surface area contributed by atoms with E-state index in [9.17, 15) is 9.59 Å². The van der Waals surface area contributed by atoms with Crippen molar-refractivity contribution in [3.8, 4) is 5.75 Å². The van der Waals surface area contributed by atoms with Crippen molar-refractivity contribution in [2.45, 2.75) is 26.8 Å². The summed E-state index contributed by atoms with van der Waals surface area (Å²) in [5.74, 6) is -0.382. The van der Waals surface area contributed by atoms with Crippen LogP contribution in [0.4, 0.5) is 0 Å². The number of carbonyl (C=O) groups is 2. The Morgan fingerprint density at radius 2 is 2.00 bits per heavy atom. The quantitative estimate of drug-likeness (QED) is 0.817. The molecule has 0 aromatic heterocycles. The minimum atomic E-state index is -0.599. The molecule has 0 atom stereocenters. The number of benzene rings is 1. The number of hydrogen-bond acceptors (Lipinski definition) is 4. The van der Waals surface area contributed by atoms with Crippen LogP contribution in [0.15, 0.2) is 18.2 Å². The summed E-state index contributed by atoms with van der Waals surface area (Å²) >= 11 is 5.81. The minimum Gasteiger partial charge on any atom is -0.482 e. The molecule has 1 amide bonds. The average molecular weight is 300 g/mol. The Morgan fingerprint density at radius 3 is 2.60 bits per heavy atom. The number of aryl methyl sites for hydroxylation is 1. The standard InChI is InChI=1S/C14H18ClNO4/c1-9(2)16-13(17)7-20-14(18)8-19-12-5-4-11(15)6-10(12)3/h4-6,9H,7-8H2,1-3H3,(H,16,17). The first-order valence-corrected chi connectivity index (χ1v) is 6.60. The summed E-state index contributed by atoms with van der Waals surface area (Å²) in [6.45, 7) is 4.92. The molecule has 1 N–H and O–H groups in total. The molecule has 1 aromatic carbocycles. The van der Waals surface area contributed by atoms with Crippen LogP contribution in [0.2, 0.25) is 5.02 Å². The highest BCUT2D eigenvalue weighted by molar-refractivity contribution is 6.30. The van der Waals surface area contributed by atoms with Gasteiger partial charge in [-0.3, -0.25) is 4.79 Å². The lowest BCUT2D eigenvalue weighted by atomic mass is 10.2. The van der Waals surface area contributed by atoms with Gasteiger partial charge in [-0.05, 0) is 44.5 Å². The second kappa shape index (κ2) is 7.75. The van der Waals surface area contributed by atoms with Crippen LogP contribution in [0.3, 0.4) is 0 Å².